The topological polar surface area (TPSA) is 99.5 Å². The van der Waals surface area contributed by atoms with Crippen molar-refractivity contribution in [2.24, 2.45) is 17.3 Å². The number of ketones is 1. The monoisotopic (exact) mass is 490 g/mol. The van der Waals surface area contributed by atoms with E-state index in [-0.39, 0.29) is 30.1 Å². The predicted molar refractivity (Wildman–Crippen MR) is 138 cm³/mol. The minimum atomic E-state index is -1.15. The van der Waals surface area contributed by atoms with Crippen LogP contribution in [0.5, 0.6) is 0 Å². The van der Waals surface area contributed by atoms with Crippen molar-refractivity contribution in [3.63, 3.8) is 0 Å². The molecule has 1 aromatic heterocycles. The Morgan fingerprint density at radius 2 is 1.91 bits per heavy atom. The van der Waals surface area contributed by atoms with E-state index in [2.05, 4.69) is 23.3 Å². The molecule has 0 aromatic carbocycles. The molecule has 2 heterocycles. The van der Waals surface area contributed by atoms with E-state index in [1.807, 2.05) is 32.2 Å². The van der Waals surface area contributed by atoms with Gasteiger partial charge in [-0.05, 0) is 64.0 Å². The Bertz CT molecular complexity index is 917. The van der Waals surface area contributed by atoms with Crippen LogP contribution in [0, 0.1) is 24.2 Å². The molecule has 0 radical (unpaired) electrons. The highest BCUT2D eigenvalue weighted by molar-refractivity contribution is 7.09. The Morgan fingerprint density at radius 3 is 2.53 bits per heavy atom. The number of carbonyl (C=O) groups is 2. The number of hydrogen-bond donors (Lipinski definition) is 3. The molecular weight excluding hydrogens is 448 g/mol. The number of thiazole rings is 1. The highest BCUT2D eigenvalue weighted by atomic mass is 32.1. The summed E-state index contributed by atoms with van der Waals surface area (Å²) in [5.74, 6) is -1.18. The smallest absolute Gasteiger partial charge is 0.223 e. The van der Waals surface area contributed by atoms with Crippen molar-refractivity contribution >= 4 is 29.1 Å². The summed E-state index contributed by atoms with van der Waals surface area (Å²) in [7, 11) is 0. The number of aliphatic hydroxyl groups excluding tert-OH is 2. The summed E-state index contributed by atoms with van der Waals surface area (Å²) >= 11 is 1.58. The molecule has 0 saturated heterocycles. The molecule has 3 N–H and O–H groups in total. The van der Waals surface area contributed by atoms with Crippen molar-refractivity contribution in [2.75, 3.05) is 0 Å². The zero-order valence-corrected chi connectivity index (χ0v) is 22.5. The molecule has 0 saturated carbocycles. The molecule has 1 aliphatic rings. The van der Waals surface area contributed by atoms with Crippen LogP contribution in [0.3, 0.4) is 0 Å². The van der Waals surface area contributed by atoms with Crippen LogP contribution < -0.4 is 5.32 Å². The van der Waals surface area contributed by atoms with Crippen LogP contribution in [0.25, 0.3) is 6.08 Å². The quantitative estimate of drug-likeness (QED) is 0.515. The summed E-state index contributed by atoms with van der Waals surface area (Å²) in [6, 6.07) is -0.233. The van der Waals surface area contributed by atoms with Gasteiger partial charge in [0, 0.05) is 11.3 Å². The number of aliphatic hydroxyl groups is 2. The van der Waals surface area contributed by atoms with Crippen LogP contribution in [0.1, 0.15) is 84.3 Å². The van der Waals surface area contributed by atoms with Crippen molar-refractivity contribution in [3.8, 4) is 0 Å². The van der Waals surface area contributed by atoms with Gasteiger partial charge in [0.15, 0.2) is 0 Å². The van der Waals surface area contributed by atoms with Crippen molar-refractivity contribution in [1.29, 1.82) is 0 Å². The summed E-state index contributed by atoms with van der Waals surface area (Å²) in [6.45, 7) is 13.0. The number of amides is 1. The molecule has 0 aliphatic carbocycles. The number of carbonyl (C=O) groups excluding carboxylic acids is 2. The second-order valence-electron chi connectivity index (χ2n) is 10.5. The molecular formula is C27H42N2O4S. The molecule has 34 heavy (non-hydrogen) atoms. The Morgan fingerprint density at radius 1 is 1.24 bits per heavy atom. The maximum Gasteiger partial charge on any atom is 0.223 e. The maximum atomic E-state index is 13.2. The lowest BCUT2D eigenvalue weighted by Gasteiger charge is -2.34. The summed E-state index contributed by atoms with van der Waals surface area (Å²) in [4.78, 5) is 30.6. The van der Waals surface area contributed by atoms with Crippen molar-refractivity contribution < 1.29 is 19.8 Å². The number of aromatic nitrogens is 1. The largest absolute Gasteiger partial charge is 0.392 e. The minimum Gasteiger partial charge on any atom is -0.392 e. The molecule has 7 heteroatoms. The first-order chi connectivity index (χ1) is 15.8. The zero-order chi connectivity index (χ0) is 25.6. The van der Waals surface area contributed by atoms with E-state index in [0.29, 0.717) is 6.42 Å². The van der Waals surface area contributed by atoms with Crippen LogP contribution in [0.2, 0.25) is 0 Å². The van der Waals surface area contributed by atoms with E-state index in [1.165, 1.54) is 5.57 Å². The molecule has 6 nitrogen and oxygen atoms in total. The number of Topliss-reactive ketones (excluding diaryl/α,β-unsaturated/α-hetero) is 1. The van der Waals surface area contributed by atoms with Crippen LogP contribution in [0.15, 0.2) is 22.6 Å². The van der Waals surface area contributed by atoms with Crippen molar-refractivity contribution in [1.82, 2.24) is 10.3 Å². The van der Waals surface area contributed by atoms with Crippen LogP contribution in [-0.4, -0.2) is 45.1 Å². The third-order valence-corrected chi connectivity index (χ3v) is 7.98. The first-order valence-electron chi connectivity index (χ1n) is 12.3. The van der Waals surface area contributed by atoms with Gasteiger partial charge in [0.1, 0.15) is 5.78 Å². The molecule has 0 bridgehead atoms. The lowest BCUT2D eigenvalue weighted by molar-refractivity contribution is -0.143. The minimum absolute atomic E-state index is 0.0320. The van der Waals surface area contributed by atoms with Crippen molar-refractivity contribution in [3.05, 3.63) is 33.3 Å². The van der Waals surface area contributed by atoms with Crippen LogP contribution in [-0.2, 0) is 9.59 Å². The van der Waals surface area contributed by atoms with E-state index >= 15 is 0 Å². The molecule has 5 atom stereocenters. The SMILES string of the molecule is CC1=CCC(C(C)=Cc2csc(C)n2)NC(=O)C[C@H](O)C(C)(C)C(=O)[C@H](C)[C@@H](O)[C@@H](C)CCC1. The van der Waals surface area contributed by atoms with Crippen LogP contribution >= 0.6 is 11.3 Å². The molecule has 1 unspecified atom stereocenters. The van der Waals surface area contributed by atoms with E-state index in [9.17, 15) is 19.8 Å². The fourth-order valence-corrected chi connectivity index (χ4v) is 5.09. The fraction of sp³-hybridized carbons (Fsp3) is 0.667. The highest BCUT2D eigenvalue weighted by Gasteiger charge is 2.42. The number of hydrogen-bond acceptors (Lipinski definition) is 6. The predicted octanol–water partition coefficient (Wildman–Crippen LogP) is 4.84. The lowest BCUT2D eigenvalue weighted by atomic mass is 9.73. The molecule has 190 valence electrons. The standard InChI is InChI=1S/C27H42N2O4S/c1-16-9-8-10-17(2)25(32)19(4)26(33)27(6,7)23(30)14-24(31)29-22(12-11-16)18(3)13-21-15-34-20(5)28-21/h11,13,15,17,19,22-23,25,30,32H,8-10,12,14H2,1-7H3,(H,29,31)/t17-,19+,22?,23-,25-/m0/s1. The second kappa shape index (κ2) is 12.2. The van der Waals surface area contributed by atoms with Crippen molar-refractivity contribution in [2.45, 2.75) is 98.8 Å². The molecule has 1 aliphatic heterocycles. The summed E-state index contributed by atoms with van der Waals surface area (Å²) < 4.78 is 0. The Balaban J connectivity index is 2.33. The molecule has 2 rings (SSSR count). The van der Waals surface area contributed by atoms with E-state index < -0.39 is 23.5 Å². The van der Waals surface area contributed by atoms with Gasteiger partial charge < -0.3 is 15.5 Å². The highest BCUT2D eigenvalue weighted by Crippen LogP contribution is 2.32. The average molecular weight is 491 g/mol. The lowest BCUT2D eigenvalue weighted by Crippen LogP contribution is -2.47. The van der Waals surface area contributed by atoms with Gasteiger partial charge in [-0.15, -0.1) is 11.3 Å². The third kappa shape index (κ3) is 7.59. The number of rotatable bonds is 2. The normalized spacial score (nSPS) is 30.6. The van der Waals surface area contributed by atoms with Gasteiger partial charge in [-0.2, -0.15) is 0 Å². The number of nitrogens with zero attached hydrogens (tertiary/aromatic N) is 1. The van der Waals surface area contributed by atoms with Gasteiger partial charge in [0.25, 0.3) is 0 Å². The average Bonchev–Trinajstić information content (AvgIpc) is 3.18. The van der Waals surface area contributed by atoms with Gasteiger partial charge >= 0.3 is 0 Å². The first kappa shape index (κ1) is 28.4. The van der Waals surface area contributed by atoms with Gasteiger partial charge in [-0.25, -0.2) is 4.98 Å². The second-order valence-corrected chi connectivity index (χ2v) is 11.6. The Labute approximate surface area is 208 Å². The Kier molecular flexibility index (Phi) is 10.2. The van der Waals surface area contributed by atoms with E-state index in [0.717, 1.165) is 35.5 Å². The molecule has 1 amide bonds. The fourth-order valence-electron chi connectivity index (χ4n) is 4.52. The maximum absolute atomic E-state index is 13.2. The third-order valence-electron chi connectivity index (χ3n) is 7.19. The van der Waals surface area contributed by atoms with Gasteiger partial charge in [-0.1, -0.05) is 39.3 Å². The van der Waals surface area contributed by atoms with Gasteiger partial charge in [0.05, 0.1) is 40.8 Å². The summed E-state index contributed by atoms with van der Waals surface area (Å²) in [6.07, 6.45) is 5.30. The molecule has 0 spiro atoms. The Hall–Kier alpha value is -1.83. The number of aryl methyl sites for hydroxylation is 1. The zero-order valence-electron chi connectivity index (χ0n) is 21.7. The number of allylic oxidation sites excluding steroid dienone is 1. The molecule has 1 aromatic rings. The van der Waals surface area contributed by atoms with Gasteiger partial charge in [0.2, 0.25) is 5.91 Å². The van der Waals surface area contributed by atoms with E-state index in [4.69, 9.17) is 0 Å². The van der Waals surface area contributed by atoms with Crippen LogP contribution in [0.4, 0.5) is 0 Å². The molecule has 0 fully saturated rings. The summed E-state index contributed by atoms with van der Waals surface area (Å²) in [5.41, 5.74) is 1.94. The number of nitrogens with one attached hydrogen (secondary N) is 1. The van der Waals surface area contributed by atoms with E-state index in [1.54, 1.807) is 32.1 Å². The summed E-state index contributed by atoms with van der Waals surface area (Å²) in [5, 5.41) is 27.7. The first-order valence-corrected chi connectivity index (χ1v) is 13.2. The van der Waals surface area contributed by atoms with Gasteiger partial charge in [-0.3, -0.25) is 9.59 Å².